The summed E-state index contributed by atoms with van der Waals surface area (Å²) in [5.74, 6) is 0.236. The maximum atomic E-state index is 9.66. The van der Waals surface area contributed by atoms with E-state index in [1.165, 1.54) is 0 Å². The molecule has 0 aliphatic carbocycles. The second-order valence-electron chi connectivity index (χ2n) is 3.32. The summed E-state index contributed by atoms with van der Waals surface area (Å²) in [6.45, 7) is 1.36. The topological polar surface area (TPSA) is 42.4 Å². The zero-order valence-corrected chi connectivity index (χ0v) is 8.17. The van der Waals surface area contributed by atoms with Gasteiger partial charge in [-0.05, 0) is 6.42 Å². The van der Waals surface area contributed by atoms with E-state index in [0.29, 0.717) is 13.2 Å². The molecule has 0 spiro atoms. The van der Waals surface area contributed by atoms with Crippen molar-refractivity contribution in [1.29, 1.82) is 0 Å². The summed E-state index contributed by atoms with van der Waals surface area (Å²) < 4.78 is 5.32. The Morgan fingerprint density at radius 1 is 1.69 bits per heavy atom. The van der Waals surface area contributed by atoms with Gasteiger partial charge in [0.05, 0.1) is 17.7 Å². The number of rotatable bonds is 2. The molecular formula is C9H13NO2S. The van der Waals surface area contributed by atoms with Crippen molar-refractivity contribution in [2.24, 2.45) is 5.92 Å². The molecule has 2 heterocycles. The zero-order chi connectivity index (χ0) is 9.10. The van der Waals surface area contributed by atoms with E-state index in [1.807, 2.05) is 5.38 Å². The van der Waals surface area contributed by atoms with Crippen molar-refractivity contribution in [3.63, 3.8) is 0 Å². The van der Waals surface area contributed by atoms with Crippen molar-refractivity contribution >= 4 is 11.3 Å². The molecule has 0 aromatic carbocycles. The molecular weight excluding hydrogens is 186 g/mol. The Labute approximate surface area is 81.4 Å². The van der Waals surface area contributed by atoms with Crippen LogP contribution in [0.15, 0.2) is 11.6 Å². The number of thiazole rings is 1. The lowest BCUT2D eigenvalue weighted by Gasteiger charge is -2.26. The van der Waals surface area contributed by atoms with Gasteiger partial charge in [-0.3, -0.25) is 0 Å². The van der Waals surface area contributed by atoms with Gasteiger partial charge in [0.25, 0.3) is 0 Å². The van der Waals surface area contributed by atoms with Crippen LogP contribution in [-0.4, -0.2) is 29.4 Å². The van der Waals surface area contributed by atoms with E-state index >= 15 is 0 Å². The molecule has 1 aliphatic heterocycles. The number of ether oxygens (including phenoxy) is 1. The van der Waals surface area contributed by atoms with Gasteiger partial charge in [0, 0.05) is 30.5 Å². The van der Waals surface area contributed by atoms with E-state index in [1.54, 1.807) is 17.5 Å². The second kappa shape index (κ2) is 4.17. The second-order valence-corrected chi connectivity index (χ2v) is 4.30. The van der Waals surface area contributed by atoms with Gasteiger partial charge in [-0.1, -0.05) is 0 Å². The van der Waals surface area contributed by atoms with Crippen LogP contribution in [0.25, 0.3) is 0 Å². The Balaban J connectivity index is 1.93. The Hall–Kier alpha value is -0.450. The summed E-state index contributed by atoms with van der Waals surface area (Å²) in [6, 6.07) is 0. The van der Waals surface area contributed by atoms with E-state index < -0.39 is 0 Å². The fourth-order valence-corrected chi connectivity index (χ4v) is 2.27. The monoisotopic (exact) mass is 199 g/mol. The van der Waals surface area contributed by atoms with Gasteiger partial charge in [0.15, 0.2) is 0 Å². The molecule has 4 heteroatoms. The fourth-order valence-electron chi connectivity index (χ4n) is 1.56. The highest BCUT2D eigenvalue weighted by molar-refractivity contribution is 7.09. The molecule has 1 saturated heterocycles. The highest BCUT2D eigenvalue weighted by Gasteiger charge is 2.24. The molecule has 3 nitrogen and oxygen atoms in total. The molecule has 1 aromatic rings. The molecule has 2 unspecified atom stereocenters. The number of aromatic nitrogens is 1. The lowest BCUT2D eigenvalue weighted by atomic mass is 9.96. The molecule has 72 valence electrons. The van der Waals surface area contributed by atoms with Gasteiger partial charge >= 0.3 is 0 Å². The van der Waals surface area contributed by atoms with Crippen molar-refractivity contribution < 1.29 is 9.84 Å². The van der Waals surface area contributed by atoms with Gasteiger partial charge in [-0.15, -0.1) is 11.3 Å². The number of aliphatic hydroxyl groups is 1. The number of aliphatic hydroxyl groups excluding tert-OH is 1. The third-order valence-corrected chi connectivity index (χ3v) is 3.16. The molecule has 2 atom stereocenters. The minimum atomic E-state index is -0.211. The van der Waals surface area contributed by atoms with Crippen LogP contribution in [0.2, 0.25) is 0 Å². The minimum Gasteiger partial charge on any atom is -0.393 e. The number of hydrogen-bond acceptors (Lipinski definition) is 4. The van der Waals surface area contributed by atoms with Crippen molar-refractivity contribution in [1.82, 2.24) is 4.98 Å². The highest BCUT2D eigenvalue weighted by atomic mass is 32.1. The summed E-state index contributed by atoms with van der Waals surface area (Å²) in [7, 11) is 0. The SMILES string of the molecule is OC1CCOCC1Cc1nccs1. The van der Waals surface area contributed by atoms with Crippen LogP contribution >= 0.6 is 11.3 Å². The predicted molar refractivity (Wildman–Crippen MR) is 50.8 cm³/mol. The van der Waals surface area contributed by atoms with Crippen LogP contribution in [-0.2, 0) is 11.2 Å². The van der Waals surface area contributed by atoms with Crippen molar-refractivity contribution in [3.05, 3.63) is 16.6 Å². The van der Waals surface area contributed by atoms with Crippen LogP contribution in [0.5, 0.6) is 0 Å². The molecule has 1 fully saturated rings. The molecule has 0 amide bonds. The van der Waals surface area contributed by atoms with Crippen LogP contribution in [0.3, 0.4) is 0 Å². The lowest BCUT2D eigenvalue weighted by molar-refractivity contribution is -0.0350. The maximum Gasteiger partial charge on any atom is 0.0929 e. The number of nitrogens with zero attached hydrogens (tertiary/aromatic N) is 1. The summed E-state index contributed by atoms with van der Waals surface area (Å²) >= 11 is 1.64. The first-order valence-corrected chi connectivity index (χ1v) is 5.38. The summed E-state index contributed by atoms with van der Waals surface area (Å²) in [6.07, 6.45) is 3.20. The van der Waals surface area contributed by atoms with E-state index in [-0.39, 0.29) is 12.0 Å². The average Bonchev–Trinajstić information content (AvgIpc) is 2.61. The first-order chi connectivity index (χ1) is 6.36. The Morgan fingerprint density at radius 2 is 2.62 bits per heavy atom. The Morgan fingerprint density at radius 3 is 3.31 bits per heavy atom. The third-order valence-electron chi connectivity index (χ3n) is 2.35. The van der Waals surface area contributed by atoms with E-state index in [0.717, 1.165) is 17.8 Å². The standard InChI is InChI=1S/C9H13NO2S/c11-8-1-3-12-6-7(8)5-9-10-2-4-13-9/h2,4,7-8,11H,1,3,5-6H2. The fraction of sp³-hybridized carbons (Fsp3) is 0.667. The molecule has 0 bridgehead atoms. The summed E-state index contributed by atoms with van der Waals surface area (Å²) in [5.41, 5.74) is 0. The minimum absolute atomic E-state index is 0.211. The summed E-state index contributed by atoms with van der Waals surface area (Å²) in [5, 5.41) is 12.7. The first-order valence-electron chi connectivity index (χ1n) is 4.50. The third kappa shape index (κ3) is 2.27. The quantitative estimate of drug-likeness (QED) is 0.775. The molecule has 0 radical (unpaired) electrons. The highest BCUT2D eigenvalue weighted by Crippen LogP contribution is 2.20. The average molecular weight is 199 g/mol. The van der Waals surface area contributed by atoms with Crippen LogP contribution in [0.1, 0.15) is 11.4 Å². The van der Waals surface area contributed by atoms with Gasteiger partial charge in [0.1, 0.15) is 0 Å². The Kier molecular flexibility index (Phi) is 2.93. The van der Waals surface area contributed by atoms with Crippen LogP contribution in [0, 0.1) is 5.92 Å². The smallest absolute Gasteiger partial charge is 0.0929 e. The lowest BCUT2D eigenvalue weighted by Crippen LogP contribution is -2.33. The summed E-state index contributed by atoms with van der Waals surface area (Å²) in [4.78, 5) is 4.20. The molecule has 1 N–H and O–H groups in total. The van der Waals surface area contributed by atoms with Crippen molar-refractivity contribution in [2.75, 3.05) is 13.2 Å². The molecule has 0 saturated carbocycles. The molecule has 2 rings (SSSR count). The van der Waals surface area contributed by atoms with E-state index in [4.69, 9.17) is 4.74 Å². The zero-order valence-electron chi connectivity index (χ0n) is 7.35. The van der Waals surface area contributed by atoms with Gasteiger partial charge in [-0.2, -0.15) is 0 Å². The Bertz CT molecular complexity index is 250. The predicted octanol–water partition coefficient (Wildman–Crippen LogP) is 1.08. The molecule has 13 heavy (non-hydrogen) atoms. The number of hydrogen-bond donors (Lipinski definition) is 1. The van der Waals surface area contributed by atoms with Gasteiger partial charge < -0.3 is 9.84 Å². The van der Waals surface area contributed by atoms with E-state index in [2.05, 4.69) is 4.98 Å². The molecule has 1 aliphatic rings. The van der Waals surface area contributed by atoms with Gasteiger partial charge in [0.2, 0.25) is 0 Å². The largest absolute Gasteiger partial charge is 0.393 e. The molecule has 1 aromatic heterocycles. The first kappa shape index (κ1) is 9.12. The van der Waals surface area contributed by atoms with Crippen LogP contribution < -0.4 is 0 Å². The van der Waals surface area contributed by atoms with Crippen molar-refractivity contribution in [3.8, 4) is 0 Å². The van der Waals surface area contributed by atoms with Gasteiger partial charge in [-0.25, -0.2) is 4.98 Å². The maximum absolute atomic E-state index is 9.66. The normalized spacial score (nSPS) is 29.0. The van der Waals surface area contributed by atoms with Crippen LogP contribution in [0.4, 0.5) is 0 Å². The van der Waals surface area contributed by atoms with E-state index in [9.17, 15) is 5.11 Å². The van der Waals surface area contributed by atoms with Crippen molar-refractivity contribution in [2.45, 2.75) is 18.9 Å².